The minimum Gasteiger partial charge on any atom is -0.492 e. The number of benzene rings is 1. The lowest BCUT2D eigenvalue weighted by Crippen LogP contribution is -2.08. The van der Waals surface area contributed by atoms with Crippen LogP contribution >= 0.6 is 11.8 Å². The third-order valence-electron chi connectivity index (χ3n) is 2.78. The molecule has 0 aromatic heterocycles. The van der Waals surface area contributed by atoms with Crippen molar-refractivity contribution in [2.45, 2.75) is 18.3 Å². The van der Waals surface area contributed by atoms with Crippen molar-refractivity contribution < 1.29 is 23.1 Å². The van der Waals surface area contributed by atoms with Gasteiger partial charge in [-0.1, -0.05) is 17.3 Å². The summed E-state index contributed by atoms with van der Waals surface area (Å²) in [6, 6.07) is 5.27. The van der Waals surface area contributed by atoms with E-state index >= 15 is 0 Å². The number of nitrogens with zero attached hydrogens (tertiary/aromatic N) is 1. The topological polar surface area (TPSA) is 41.8 Å². The molecule has 0 atom stereocenters. The van der Waals surface area contributed by atoms with Gasteiger partial charge in [-0.3, -0.25) is 0 Å². The molecule has 7 heteroatoms. The zero-order valence-electron chi connectivity index (χ0n) is 9.91. The molecular formula is C12H12F3NO2S. The van der Waals surface area contributed by atoms with Crippen LogP contribution in [-0.2, 0) is 6.42 Å². The Labute approximate surface area is 112 Å². The van der Waals surface area contributed by atoms with Crippen LogP contribution in [0.3, 0.4) is 0 Å². The lowest BCUT2D eigenvalue weighted by atomic mass is 10.1. The van der Waals surface area contributed by atoms with Gasteiger partial charge in [-0.15, -0.1) is 0 Å². The Morgan fingerprint density at radius 2 is 2.11 bits per heavy atom. The molecule has 0 radical (unpaired) electrons. The van der Waals surface area contributed by atoms with Crippen LogP contribution in [0.5, 0.6) is 5.75 Å². The van der Waals surface area contributed by atoms with E-state index in [0.717, 1.165) is 11.1 Å². The van der Waals surface area contributed by atoms with Crippen LogP contribution in [0.4, 0.5) is 13.2 Å². The fourth-order valence-corrected chi connectivity index (χ4v) is 2.42. The second-order valence-electron chi connectivity index (χ2n) is 3.97. The molecule has 0 saturated heterocycles. The van der Waals surface area contributed by atoms with Crippen LogP contribution in [0, 0.1) is 0 Å². The van der Waals surface area contributed by atoms with Gasteiger partial charge >= 0.3 is 5.51 Å². The molecule has 0 unspecified atom stereocenters. The van der Waals surface area contributed by atoms with E-state index in [1.165, 1.54) is 0 Å². The molecule has 0 fully saturated rings. The Kier molecular flexibility index (Phi) is 4.24. The normalized spacial score (nSPS) is 16.7. The van der Waals surface area contributed by atoms with Crippen molar-refractivity contribution in [1.82, 2.24) is 0 Å². The monoisotopic (exact) mass is 291 g/mol. The first-order valence-corrected chi connectivity index (χ1v) is 6.66. The zero-order chi connectivity index (χ0) is 13.9. The van der Waals surface area contributed by atoms with Crippen molar-refractivity contribution in [3.63, 3.8) is 0 Å². The number of alkyl halides is 3. The molecule has 3 nitrogen and oxygen atoms in total. The third kappa shape index (κ3) is 3.56. The molecule has 0 saturated carbocycles. The fourth-order valence-electron chi connectivity index (χ4n) is 2.02. The van der Waals surface area contributed by atoms with E-state index in [9.17, 15) is 13.2 Å². The Morgan fingerprint density at radius 1 is 1.32 bits per heavy atom. The maximum atomic E-state index is 12.0. The number of oxime groups is 1. The SMILES string of the molecule is O/N=C1/CCc2c(OCCSC(F)(F)F)cccc21. The van der Waals surface area contributed by atoms with Crippen molar-refractivity contribution in [1.29, 1.82) is 0 Å². The van der Waals surface area contributed by atoms with Crippen LogP contribution in [0.1, 0.15) is 17.5 Å². The van der Waals surface area contributed by atoms with Crippen molar-refractivity contribution in [3.8, 4) is 5.75 Å². The highest BCUT2D eigenvalue weighted by Gasteiger charge is 2.28. The van der Waals surface area contributed by atoms with Gasteiger partial charge in [-0.25, -0.2) is 0 Å². The first-order chi connectivity index (χ1) is 9.01. The quantitative estimate of drug-likeness (QED) is 0.525. The van der Waals surface area contributed by atoms with Gasteiger partial charge in [0, 0.05) is 16.9 Å². The molecule has 104 valence electrons. The maximum Gasteiger partial charge on any atom is 0.441 e. The third-order valence-corrected chi connectivity index (χ3v) is 3.48. The Morgan fingerprint density at radius 3 is 2.79 bits per heavy atom. The van der Waals surface area contributed by atoms with Gasteiger partial charge in [0.15, 0.2) is 0 Å². The Balaban J connectivity index is 1.97. The number of thioether (sulfide) groups is 1. The highest BCUT2D eigenvalue weighted by molar-refractivity contribution is 8.00. The molecule has 0 heterocycles. The zero-order valence-corrected chi connectivity index (χ0v) is 10.7. The summed E-state index contributed by atoms with van der Waals surface area (Å²) >= 11 is -0.0976. The number of hydrogen-bond donors (Lipinski definition) is 1. The van der Waals surface area contributed by atoms with Crippen LogP contribution in [0.15, 0.2) is 23.4 Å². The van der Waals surface area contributed by atoms with Crippen molar-refractivity contribution in [2.75, 3.05) is 12.4 Å². The van der Waals surface area contributed by atoms with E-state index < -0.39 is 5.51 Å². The first kappa shape index (κ1) is 14.0. The van der Waals surface area contributed by atoms with E-state index in [2.05, 4.69) is 5.16 Å². The van der Waals surface area contributed by atoms with Gasteiger partial charge in [0.05, 0.1) is 12.3 Å². The number of fused-ring (bicyclic) bond motifs is 1. The molecule has 1 aliphatic rings. The molecule has 1 aliphatic carbocycles. The molecule has 0 amide bonds. The summed E-state index contributed by atoms with van der Waals surface area (Å²) in [5, 5.41) is 12.0. The summed E-state index contributed by atoms with van der Waals surface area (Å²) in [4.78, 5) is 0. The Hall–Kier alpha value is -1.37. The largest absolute Gasteiger partial charge is 0.492 e. The molecule has 0 aliphatic heterocycles. The average molecular weight is 291 g/mol. The summed E-state index contributed by atoms with van der Waals surface area (Å²) in [6.45, 7) is -0.00771. The molecular weight excluding hydrogens is 279 g/mol. The van der Waals surface area contributed by atoms with Gasteiger partial charge in [-0.05, 0) is 30.7 Å². The minimum absolute atomic E-state index is 0.00771. The molecule has 1 aromatic rings. The van der Waals surface area contributed by atoms with E-state index in [1.54, 1.807) is 12.1 Å². The number of rotatable bonds is 4. The summed E-state index contributed by atoms with van der Waals surface area (Å²) in [5.74, 6) is 0.424. The van der Waals surface area contributed by atoms with Gasteiger partial charge in [0.2, 0.25) is 0 Å². The standard InChI is InChI=1S/C12H12F3NO2S/c13-12(14,15)19-7-6-18-11-3-1-2-8-9(11)4-5-10(8)16-17/h1-3,17H,4-7H2/b16-10-. The van der Waals surface area contributed by atoms with Gasteiger partial charge in [0.1, 0.15) is 5.75 Å². The van der Waals surface area contributed by atoms with Gasteiger partial charge in [-0.2, -0.15) is 13.2 Å². The summed E-state index contributed by atoms with van der Waals surface area (Å²) in [5.41, 5.74) is -1.93. The average Bonchev–Trinajstić information content (AvgIpc) is 2.77. The number of halogens is 3. The van der Waals surface area contributed by atoms with Gasteiger partial charge < -0.3 is 9.94 Å². The second-order valence-corrected chi connectivity index (χ2v) is 5.13. The number of ether oxygens (including phenoxy) is 1. The minimum atomic E-state index is -4.22. The lowest BCUT2D eigenvalue weighted by molar-refractivity contribution is -0.0329. The molecule has 19 heavy (non-hydrogen) atoms. The predicted octanol–water partition coefficient (Wildman–Crippen LogP) is 3.44. The summed E-state index contributed by atoms with van der Waals surface area (Å²) in [6.07, 6.45) is 1.29. The highest BCUT2D eigenvalue weighted by atomic mass is 32.2. The molecule has 1 N–H and O–H groups in total. The van der Waals surface area contributed by atoms with Crippen molar-refractivity contribution in [2.24, 2.45) is 5.16 Å². The number of hydrogen-bond acceptors (Lipinski definition) is 4. The van der Waals surface area contributed by atoms with Gasteiger partial charge in [0.25, 0.3) is 0 Å². The fraction of sp³-hybridized carbons (Fsp3) is 0.417. The van der Waals surface area contributed by atoms with Crippen LogP contribution in [0.2, 0.25) is 0 Å². The van der Waals surface area contributed by atoms with Crippen molar-refractivity contribution >= 4 is 17.5 Å². The second kappa shape index (κ2) is 5.73. The van der Waals surface area contributed by atoms with E-state index in [-0.39, 0.29) is 24.1 Å². The summed E-state index contributed by atoms with van der Waals surface area (Å²) < 4.78 is 41.3. The Bertz CT molecular complexity index is 488. The van der Waals surface area contributed by atoms with E-state index in [4.69, 9.17) is 9.94 Å². The van der Waals surface area contributed by atoms with E-state index in [0.29, 0.717) is 24.3 Å². The van der Waals surface area contributed by atoms with Crippen LogP contribution < -0.4 is 4.74 Å². The van der Waals surface area contributed by atoms with Crippen molar-refractivity contribution in [3.05, 3.63) is 29.3 Å². The summed E-state index contributed by atoms with van der Waals surface area (Å²) in [7, 11) is 0. The van der Waals surface area contributed by atoms with Crippen LogP contribution in [0.25, 0.3) is 0 Å². The lowest BCUT2D eigenvalue weighted by Gasteiger charge is -2.11. The first-order valence-electron chi connectivity index (χ1n) is 5.68. The van der Waals surface area contributed by atoms with Crippen LogP contribution in [-0.4, -0.2) is 28.8 Å². The molecule has 0 bridgehead atoms. The smallest absolute Gasteiger partial charge is 0.441 e. The molecule has 2 rings (SSSR count). The molecule has 1 aromatic carbocycles. The highest BCUT2D eigenvalue weighted by Crippen LogP contribution is 2.32. The molecule has 0 spiro atoms. The maximum absolute atomic E-state index is 12.0. The predicted molar refractivity (Wildman–Crippen MR) is 67.1 cm³/mol. The van der Waals surface area contributed by atoms with E-state index in [1.807, 2.05) is 6.07 Å².